The summed E-state index contributed by atoms with van der Waals surface area (Å²) in [6, 6.07) is 2.39. The Morgan fingerprint density at radius 2 is 1.77 bits per heavy atom. The first-order valence-corrected chi connectivity index (χ1v) is 18.9. The van der Waals surface area contributed by atoms with Crippen molar-refractivity contribution >= 4 is 56.3 Å². The van der Waals surface area contributed by atoms with Gasteiger partial charge in [0.05, 0.1) is 22.3 Å². The number of rotatable bonds is 10. The maximum absolute atomic E-state index is 14.4. The van der Waals surface area contributed by atoms with Crippen LogP contribution in [0.25, 0.3) is 10.9 Å². The average Bonchev–Trinajstić information content (AvgIpc) is 3.95. The van der Waals surface area contributed by atoms with Crippen molar-refractivity contribution in [2.75, 3.05) is 6.54 Å². The van der Waals surface area contributed by atoms with Gasteiger partial charge in [0.1, 0.15) is 40.8 Å². The van der Waals surface area contributed by atoms with Crippen molar-refractivity contribution in [3.05, 3.63) is 47.6 Å². The quantitative estimate of drug-likeness (QED) is 0.285. The standard InChI is InChI=1S/C35H43ClF3N5O8S/c1-8-18-16-34(18,30(47)43-53(49,50)20-12-13-20)42-28(45)23-14-19(17-44(23)29(46)27(32(2,3)4)41-31(48)52-33(5,6)7)51-24-15-25(35(37,38)39)40-26-21(24)10-9-11-22(26)36/h8-11,15,18-20,23,27H,1,12-14,16-17H2,2-7H3,(H,41,48)(H,42,45)(H,43,47)/t18?,19-,23+,27-,34-/m1/s1. The first-order chi connectivity index (χ1) is 24.4. The van der Waals surface area contributed by atoms with Crippen molar-refractivity contribution in [1.29, 1.82) is 0 Å². The largest absolute Gasteiger partial charge is 0.488 e. The summed E-state index contributed by atoms with van der Waals surface area (Å²) in [5, 5.41) is 4.61. The number of para-hydroxylation sites is 1. The highest BCUT2D eigenvalue weighted by Gasteiger charge is 2.62. The highest BCUT2D eigenvalue weighted by Crippen LogP contribution is 2.46. The Labute approximate surface area is 310 Å². The highest BCUT2D eigenvalue weighted by molar-refractivity contribution is 7.91. The fourth-order valence-electron chi connectivity index (χ4n) is 6.24. The molecule has 3 fully saturated rings. The van der Waals surface area contributed by atoms with E-state index in [1.165, 1.54) is 24.3 Å². The molecule has 2 saturated carbocycles. The maximum Gasteiger partial charge on any atom is 0.433 e. The molecule has 53 heavy (non-hydrogen) atoms. The average molecular weight is 786 g/mol. The molecule has 18 heteroatoms. The van der Waals surface area contributed by atoms with Gasteiger partial charge in [0.25, 0.3) is 5.91 Å². The predicted octanol–water partition coefficient (Wildman–Crippen LogP) is 4.86. The predicted molar refractivity (Wildman–Crippen MR) is 188 cm³/mol. The maximum atomic E-state index is 14.4. The van der Waals surface area contributed by atoms with Crippen LogP contribution in [-0.4, -0.2) is 83.2 Å². The van der Waals surface area contributed by atoms with Gasteiger partial charge in [-0.3, -0.25) is 19.1 Å². The van der Waals surface area contributed by atoms with Crippen molar-refractivity contribution in [2.24, 2.45) is 11.3 Å². The molecule has 1 saturated heterocycles. The molecule has 290 valence electrons. The number of carbonyl (C=O) groups is 4. The molecule has 2 heterocycles. The Morgan fingerprint density at radius 3 is 2.32 bits per heavy atom. The fourth-order valence-corrected chi connectivity index (χ4v) is 7.82. The number of benzene rings is 1. The number of halogens is 4. The van der Waals surface area contributed by atoms with E-state index in [1.807, 2.05) is 0 Å². The van der Waals surface area contributed by atoms with E-state index < -0.39 is 91.6 Å². The molecule has 13 nitrogen and oxygen atoms in total. The number of nitrogens with zero attached hydrogens (tertiary/aromatic N) is 2. The van der Waals surface area contributed by atoms with Crippen molar-refractivity contribution in [1.82, 2.24) is 25.2 Å². The van der Waals surface area contributed by atoms with Crippen molar-refractivity contribution in [3.8, 4) is 5.75 Å². The summed E-state index contributed by atoms with van der Waals surface area (Å²) in [6.45, 7) is 13.3. The van der Waals surface area contributed by atoms with E-state index in [0.717, 1.165) is 4.90 Å². The zero-order chi connectivity index (χ0) is 39.5. The van der Waals surface area contributed by atoms with Gasteiger partial charge >= 0.3 is 12.3 Å². The smallest absolute Gasteiger partial charge is 0.433 e. The third kappa shape index (κ3) is 8.82. The van der Waals surface area contributed by atoms with E-state index in [2.05, 4.69) is 26.9 Å². The number of amides is 4. The van der Waals surface area contributed by atoms with Gasteiger partial charge in [-0.05, 0) is 57.6 Å². The number of sulfonamides is 1. The number of aromatic nitrogens is 1. The van der Waals surface area contributed by atoms with Gasteiger partial charge in [0.2, 0.25) is 21.8 Å². The summed E-state index contributed by atoms with van der Waals surface area (Å²) in [5.74, 6) is -3.43. The molecule has 1 unspecified atom stereocenters. The van der Waals surface area contributed by atoms with Crippen LogP contribution in [0.1, 0.15) is 72.9 Å². The number of nitrogens with one attached hydrogen (secondary N) is 3. The van der Waals surface area contributed by atoms with Gasteiger partial charge in [-0.25, -0.2) is 18.2 Å². The molecule has 3 aliphatic rings. The molecule has 0 spiro atoms. The van der Waals surface area contributed by atoms with E-state index >= 15 is 0 Å². The van der Waals surface area contributed by atoms with Crippen LogP contribution in [0.4, 0.5) is 18.0 Å². The zero-order valence-corrected chi connectivity index (χ0v) is 31.7. The lowest BCUT2D eigenvalue weighted by Crippen LogP contribution is -2.60. The highest BCUT2D eigenvalue weighted by atomic mass is 35.5. The molecule has 0 bridgehead atoms. The van der Waals surface area contributed by atoms with Crippen LogP contribution in [0, 0.1) is 11.3 Å². The van der Waals surface area contributed by atoms with Crippen LogP contribution >= 0.6 is 11.6 Å². The van der Waals surface area contributed by atoms with Crippen LogP contribution in [0.2, 0.25) is 5.02 Å². The summed E-state index contributed by atoms with van der Waals surface area (Å²) >= 11 is 6.22. The first kappa shape index (κ1) is 40.1. The van der Waals surface area contributed by atoms with Crippen LogP contribution in [0.15, 0.2) is 36.9 Å². The van der Waals surface area contributed by atoms with Gasteiger partial charge in [0, 0.05) is 23.8 Å². The fraction of sp³-hybridized carbons (Fsp3) is 0.571. The Kier molecular flexibility index (Phi) is 10.5. The molecular weight excluding hydrogens is 743 g/mol. The molecule has 1 aliphatic heterocycles. The molecular formula is C35H43ClF3N5O8S. The Bertz CT molecular complexity index is 1940. The minimum Gasteiger partial charge on any atom is -0.488 e. The van der Waals surface area contributed by atoms with Crippen LogP contribution in [0.3, 0.4) is 0 Å². The zero-order valence-electron chi connectivity index (χ0n) is 30.1. The number of likely N-dealkylation sites (tertiary alicyclic amines) is 1. The lowest BCUT2D eigenvalue weighted by atomic mass is 9.85. The van der Waals surface area contributed by atoms with Crippen molar-refractivity contribution < 1.29 is 50.2 Å². The number of ether oxygens (including phenoxy) is 2. The van der Waals surface area contributed by atoms with E-state index in [4.69, 9.17) is 21.1 Å². The van der Waals surface area contributed by atoms with Gasteiger partial charge in [0.15, 0.2) is 0 Å². The Morgan fingerprint density at radius 1 is 1.11 bits per heavy atom. The Balaban J connectivity index is 1.50. The van der Waals surface area contributed by atoms with Gasteiger partial charge in [-0.2, -0.15) is 13.2 Å². The normalized spacial score (nSPS) is 23.9. The topological polar surface area (TPSA) is 173 Å². The lowest BCUT2D eigenvalue weighted by Gasteiger charge is -2.36. The second-order valence-corrected chi connectivity index (χ2v) is 18.1. The monoisotopic (exact) mass is 785 g/mol. The third-order valence-corrected chi connectivity index (χ3v) is 11.3. The molecule has 5 atom stereocenters. The van der Waals surface area contributed by atoms with Gasteiger partial charge < -0.3 is 25.0 Å². The molecule has 4 amide bonds. The second kappa shape index (κ2) is 13.9. The second-order valence-electron chi connectivity index (χ2n) is 15.7. The third-order valence-electron chi connectivity index (χ3n) is 9.21. The van der Waals surface area contributed by atoms with Crippen LogP contribution in [0.5, 0.6) is 5.75 Å². The minimum absolute atomic E-state index is 0.0314. The van der Waals surface area contributed by atoms with E-state index in [-0.39, 0.29) is 41.1 Å². The summed E-state index contributed by atoms with van der Waals surface area (Å²) in [7, 11) is -3.99. The summed E-state index contributed by atoms with van der Waals surface area (Å²) in [5.41, 5.74) is -5.00. The number of hydrogen-bond acceptors (Lipinski definition) is 9. The summed E-state index contributed by atoms with van der Waals surface area (Å²) in [6.07, 6.45) is -4.90. The van der Waals surface area contributed by atoms with Crippen molar-refractivity contribution in [2.45, 2.75) is 108 Å². The van der Waals surface area contributed by atoms with Gasteiger partial charge in [-0.15, -0.1) is 6.58 Å². The molecule has 1 aromatic heterocycles. The number of carbonyl (C=O) groups excluding carboxylic acids is 4. The van der Waals surface area contributed by atoms with E-state index in [9.17, 15) is 40.8 Å². The number of fused-ring (bicyclic) bond motifs is 1. The molecule has 3 N–H and O–H groups in total. The molecule has 1 aromatic carbocycles. The number of hydrogen-bond donors (Lipinski definition) is 3. The Hall–Kier alpha value is -4.12. The van der Waals surface area contributed by atoms with E-state index in [0.29, 0.717) is 18.9 Å². The lowest BCUT2D eigenvalue weighted by molar-refractivity contribution is -0.143. The molecule has 2 aromatic rings. The minimum atomic E-state index is -4.87. The SMILES string of the molecule is C=CC1C[C@]1(NC(=O)[C@@H]1C[C@@H](Oc2cc(C(F)(F)F)nc3c(Cl)cccc23)CN1C(=O)[C@@H](NC(=O)OC(C)(C)C)C(C)(C)C)C(=O)NS(=O)(=O)C1CC1. The number of pyridine rings is 1. The molecule has 2 aliphatic carbocycles. The first-order valence-electron chi connectivity index (χ1n) is 17.0. The number of alkyl carbamates (subject to hydrolysis) is 1. The summed E-state index contributed by atoms with van der Waals surface area (Å²) < 4.78 is 80.7. The van der Waals surface area contributed by atoms with Crippen LogP contribution in [-0.2, 0) is 35.3 Å². The number of alkyl halides is 3. The summed E-state index contributed by atoms with van der Waals surface area (Å²) in [4.78, 5) is 59.8. The van der Waals surface area contributed by atoms with E-state index in [1.54, 1.807) is 41.5 Å². The van der Waals surface area contributed by atoms with Crippen molar-refractivity contribution in [3.63, 3.8) is 0 Å². The molecule has 5 rings (SSSR count). The van der Waals surface area contributed by atoms with Crippen LogP contribution < -0.4 is 20.1 Å². The molecule has 0 radical (unpaired) electrons. The van der Waals surface area contributed by atoms with Gasteiger partial charge in [-0.1, -0.05) is 44.5 Å².